The largest absolute Gasteiger partial charge is 0.393 e. The summed E-state index contributed by atoms with van der Waals surface area (Å²) in [6, 6.07) is 4.43. The summed E-state index contributed by atoms with van der Waals surface area (Å²) in [5.74, 6) is -1.04. The first-order chi connectivity index (χ1) is 8.61. The van der Waals surface area contributed by atoms with Gasteiger partial charge in [-0.3, -0.25) is 4.90 Å². The summed E-state index contributed by atoms with van der Waals surface area (Å²) in [7, 11) is 0. The van der Waals surface area contributed by atoms with E-state index in [0.717, 1.165) is 31.7 Å². The van der Waals surface area contributed by atoms with Gasteiger partial charge in [-0.1, -0.05) is 0 Å². The van der Waals surface area contributed by atoms with Crippen LogP contribution in [0.25, 0.3) is 0 Å². The molecule has 1 aromatic carbocycles. The van der Waals surface area contributed by atoms with Gasteiger partial charge in [-0.05, 0) is 43.4 Å². The summed E-state index contributed by atoms with van der Waals surface area (Å²) >= 11 is 0. The molecular weight excluding hydrogens is 236 g/mol. The summed E-state index contributed by atoms with van der Waals surface area (Å²) in [6.45, 7) is 0.580. The van der Waals surface area contributed by atoms with E-state index in [1.807, 2.05) is 0 Å². The van der Waals surface area contributed by atoms with Crippen molar-refractivity contribution in [3.63, 3.8) is 0 Å². The van der Waals surface area contributed by atoms with E-state index in [4.69, 9.17) is 0 Å². The highest BCUT2D eigenvalue weighted by Gasteiger charge is 2.39. The van der Waals surface area contributed by atoms with Crippen molar-refractivity contribution in [1.82, 2.24) is 4.90 Å². The molecule has 98 valence electrons. The summed E-state index contributed by atoms with van der Waals surface area (Å²) in [5.41, 5.74) is 0.681. The maximum absolute atomic E-state index is 13.2. The minimum absolute atomic E-state index is 0.206. The van der Waals surface area contributed by atoms with Crippen LogP contribution in [0.4, 0.5) is 8.78 Å². The smallest absolute Gasteiger partial charge is 0.126 e. The van der Waals surface area contributed by atoms with Gasteiger partial charge in [0.25, 0.3) is 0 Å². The van der Waals surface area contributed by atoms with E-state index in [-0.39, 0.29) is 6.10 Å². The fourth-order valence-electron chi connectivity index (χ4n) is 3.42. The molecule has 0 radical (unpaired) electrons. The highest BCUT2D eigenvalue weighted by Crippen LogP contribution is 2.36. The van der Waals surface area contributed by atoms with Crippen molar-refractivity contribution in [2.45, 2.75) is 50.4 Å². The number of rotatable bonds is 2. The number of piperidine rings is 1. The SMILES string of the molecule is OC1CC2CCC(C1)N2Cc1cc(F)cc(F)c1. The molecule has 2 aliphatic rings. The highest BCUT2D eigenvalue weighted by atomic mass is 19.1. The van der Waals surface area contributed by atoms with Crippen molar-refractivity contribution >= 4 is 0 Å². The summed E-state index contributed by atoms with van der Waals surface area (Å²) < 4.78 is 26.3. The number of hydrogen-bond acceptors (Lipinski definition) is 2. The van der Waals surface area contributed by atoms with Crippen LogP contribution in [0.5, 0.6) is 0 Å². The van der Waals surface area contributed by atoms with Gasteiger partial charge in [-0.2, -0.15) is 0 Å². The topological polar surface area (TPSA) is 23.5 Å². The molecule has 2 fully saturated rings. The van der Waals surface area contributed by atoms with Gasteiger partial charge >= 0.3 is 0 Å². The standard InChI is InChI=1S/C14H17F2NO/c15-10-3-9(4-11(16)5-10)8-17-12-1-2-13(17)7-14(18)6-12/h3-5,12-14,18H,1-2,6-8H2. The molecule has 4 heteroatoms. The second-order valence-electron chi connectivity index (χ2n) is 5.46. The molecule has 2 unspecified atom stereocenters. The van der Waals surface area contributed by atoms with E-state index in [0.29, 0.717) is 24.2 Å². The lowest BCUT2D eigenvalue weighted by molar-refractivity contribution is 0.0309. The van der Waals surface area contributed by atoms with Gasteiger partial charge in [-0.15, -0.1) is 0 Å². The molecule has 0 aliphatic carbocycles. The second-order valence-corrected chi connectivity index (χ2v) is 5.46. The van der Waals surface area contributed by atoms with Gasteiger partial charge in [-0.25, -0.2) is 8.78 Å². The van der Waals surface area contributed by atoms with E-state index < -0.39 is 11.6 Å². The van der Waals surface area contributed by atoms with Crippen molar-refractivity contribution < 1.29 is 13.9 Å². The molecule has 2 bridgehead atoms. The maximum atomic E-state index is 13.2. The lowest BCUT2D eigenvalue weighted by atomic mass is 9.99. The third-order valence-electron chi connectivity index (χ3n) is 4.15. The molecule has 0 aromatic heterocycles. The molecule has 18 heavy (non-hydrogen) atoms. The van der Waals surface area contributed by atoms with Crippen molar-refractivity contribution in [2.24, 2.45) is 0 Å². The first-order valence-electron chi connectivity index (χ1n) is 6.50. The van der Waals surface area contributed by atoms with Crippen molar-refractivity contribution in [3.05, 3.63) is 35.4 Å². The molecular formula is C14H17F2NO. The van der Waals surface area contributed by atoms with Crippen LogP contribution in [0.15, 0.2) is 18.2 Å². The zero-order valence-corrected chi connectivity index (χ0v) is 10.1. The molecule has 0 saturated carbocycles. The highest BCUT2D eigenvalue weighted by molar-refractivity contribution is 5.18. The second kappa shape index (κ2) is 4.59. The van der Waals surface area contributed by atoms with Gasteiger partial charge in [0.1, 0.15) is 11.6 Å². The van der Waals surface area contributed by atoms with E-state index in [1.54, 1.807) is 0 Å². The summed E-state index contributed by atoms with van der Waals surface area (Å²) in [4.78, 5) is 2.29. The fraction of sp³-hybridized carbons (Fsp3) is 0.571. The maximum Gasteiger partial charge on any atom is 0.126 e. The molecule has 1 N–H and O–H groups in total. The molecule has 2 heterocycles. The Hall–Kier alpha value is -1.00. The average molecular weight is 253 g/mol. The first kappa shape index (κ1) is 12.1. The Morgan fingerprint density at radius 1 is 1.06 bits per heavy atom. The molecule has 2 aliphatic heterocycles. The number of aliphatic hydroxyl groups is 1. The summed E-state index contributed by atoms with van der Waals surface area (Å²) in [6.07, 6.45) is 3.53. The van der Waals surface area contributed by atoms with E-state index in [2.05, 4.69) is 4.90 Å². The Bertz CT molecular complexity index is 417. The van der Waals surface area contributed by atoms with Crippen LogP contribution in [0.3, 0.4) is 0 Å². The molecule has 1 aromatic rings. The average Bonchev–Trinajstić information content (AvgIpc) is 2.53. The van der Waals surface area contributed by atoms with Crippen LogP contribution in [0.2, 0.25) is 0 Å². The fourth-order valence-corrected chi connectivity index (χ4v) is 3.42. The van der Waals surface area contributed by atoms with Crippen molar-refractivity contribution in [2.75, 3.05) is 0 Å². The Kier molecular flexibility index (Phi) is 3.08. The number of nitrogens with zero attached hydrogens (tertiary/aromatic N) is 1. The van der Waals surface area contributed by atoms with Gasteiger partial charge < -0.3 is 5.11 Å². The van der Waals surface area contributed by atoms with E-state index >= 15 is 0 Å². The molecule has 2 atom stereocenters. The molecule has 0 spiro atoms. The van der Waals surface area contributed by atoms with Crippen molar-refractivity contribution in [3.8, 4) is 0 Å². The van der Waals surface area contributed by atoms with E-state index in [1.165, 1.54) is 12.1 Å². The summed E-state index contributed by atoms with van der Waals surface area (Å²) in [5, 5.41) is 9.72. The molecule has 2 nitrogen and oxygen atoms in total. The van der Waals surface area contributed by atoms with Crippen LogP contribution in [0, 0.1) is 11.6 Å². The third kappa shape index (κ3) is 2.27. The normalized spacial score (nSPS) is 31.8. The minimum atomic E-state index is -0.519. The Balaban J connectivity index is 1.77. The molecule has 3 rings (SSSR count). The lowest BCUT2D eigenvalue weighted by Crippen LogP contribution is -2.44. The Morgan fingerprint density at radius 3 is 2.17 bits per heavy atom. The van der Waals surface area contributed by atoms with E-state index in [9.17, 15) is 13.9 Å². The van der Waals surface area contributed by atoms with Crippen molar-refractivity contribution in [1.29, 1.82) is 0 Å². The zero-order chi connectivity index (χ0) is 12.7. The third-order valence-corrected chi connectivity index (χ3v) is 4.15. The quantitative estimate of drug-likeness (QED) is 0.875. The van der Waals surface area contributed by atoms with Crippen LogP contribution in [-0.4, -0.2) is 28.2 Å². The number of benzene rings is 1. The predicted molar refractivity (Wildman–Crippen MR) is 64.0 cm³/mol. The Labute approximate surface area is 105 Å². The van der Waals surface area contributed by atoms with Crippen LogP contribution in [0.1, 0.15) is 31.2 Å². The minimum Gasteiger partial charge on any atom is -0.393 e. The molecule has 0 amide bonds. The number of fused-ring (bicyclic) bond motifs is 2. The predicted octanol–water partition coefficient (Wildman–Crippen LogP) is 2.45. The van der Waals surface area contributed by atoms with Crippen LogP contribution in [-0.2, 0) is 6.54 Å². The van der Waals surface area contributed by atoms with Gasteiger partial charge in [0.05, 0.1) is 6.10 Å². The number of hydrogen-bond donors (Lipinski definition) is 1. The number of aliphatic hydroxyl groups excluding tert-OH is 1. The van der Waals surface area contributed by atoms with Crippen LogP contribution < -0.4 is 0 Å². The Morgan fingerprint density at radius 2 is 1.61 bits per heavy atom. The number of halogens is 2. The lowest BCUT2D eigenvalue weighted by Gasteiger charge is -2.37. The first-order valence-corrected chi connectivity index (χ1v) is 6.50. The molecule has 2 saturated heterocycles. The monoisotopic (exact) mass is 253 g/mol. The van der Waals surface area contributed by atoms with Crippen LogP contribution >= 0.6 is 0 Å². The van der Waals surface area contributed by atoms with Gasteiger partial charge in [0.2, 0.25) is 0 Å². The van der Waals surface area contributed by atoms with Gasteiger partial charge in [0, 0.05) is 24.7 Å². The zero-order valence-electron chi connectivity index (χ0n) is 10.1. The van der Waals surface area contributed by atoms with Gasteiger partial charge in [0.15, 0.2) is 0 Å².